The Hall–Kier alpha value is -5.40. The number of aliphatic hydroxyl groups is 2. The van der Waals surface area contributed by atoms with E-state index in [9.17, 15) is 28.6 Å². The SMILES string of the molecule is COc1cc(C(=O)NC[C@](O)(c2cccc(F)c2)c2cc3c(c(-c4ccc(C(C)(C)O)cc4)n2)OC[C@]3(C)C(N)=O)cc2cn(C3(F)CC3)nc12. The minimum atomic E-state index is -2.15. The number of methoxy groups -OCH3 is 1. The lowest BCUT2D eigenvalue weighted by atomic mass is 9.80. The summed E-state index contributed by atoms with van der Waals surface area (Å²) >= 11 is 0. The highest BCUT2D eigenvalue weighted by Crippen LogP contribution is 2.47. The number of rotatable bonds is 10. The van der Waals surface area contributed by atoms with Crippen LogP contribution in [0.15, 0.2) is 72.9 Å². The van der Waals surface area contributed by atoms with Gasteiger partial charge in [-0.1, -0.05) is 36.4 Å². The highest BCUT2D eigenvalue weighted by Gasteiger charge is 2.47. The molecule has 2 atom stereocenters. The van der Waals surface area contributed by atoms with Crippen LogP contribution in [0.25, 0.3) is 22.2 Å². The van der Waals surface area contributed by atoms with Crippen LogP contribution < -0.4 is 20.5 Å². The molecule has 1 saturated carbocycles. The van der Waals surface area contributed by atoms with E-state index in [2.05, 4.69) is 10.4 Å². The quantitative estimate of drug-likeness (QED) is 0.164. The third-order valence-corrected chi connectivity index (χ3v) is 9.84. The number of alkyl halides is 1. The van der Waals surface area contributed by atoms with Gasteiger partial charge in [-0.25, -0.2) is 18.4 Å². The number of benzene rings is 3. The lowest BCUT2D eigenvalue weighted by Gasteiger charge is -2.30. The molecule has 5 aromatic rings. The lowest BCUT2D eigenvalue weighted by molar-refractivity contribution is -0.123. The second-order valence-corrected chi connectivity index (χ2v) is 14.0. The van der Waals surface area contributed by atoms with E-state index in [-0.39, 0.29) is 40.6 Å². The predicted molar refractivity (Wildman–Crippen MR) is 183 cm³/mol. The van der Waals surface area contributed by atoms with E-state index in [1.165, 1.54) is 48.3 Å². The van der Waals surface area contributed by atoms with E-state index in [0.29, 0.717) is 40.4 Å². The van der Waals surface area contributed by atoms with Crippen molar-refractivity contribution in [2.75, 3.05) is 20.3 Å². The predicted octanol–water partition coefficient (Wildman–Crippen LogP) is 4.69. The number of primary amides is 1. The van der Waals surface area contributed by atoms with E-state index in [1.54, 1.807) is 51.1 Å². The average molecular weight is 698 g/mol. The molecule has 5 N–H and O–H groups in total. The Morgan fingerprint density at radius 1 is 1.08 bits per heavy atom. The molecule has 3 aromatic carbocycles. The Bertz CT molecular complexity index is 2210. The van der Waals surface area contributed by atoms with Gasteiger partial charge >= 0.3 is 0 Å². The summed E-state index contributed by atoms with van der Waals surface area (Å²) in [5.74, 6) is -2.95. The summed E-state index contributed by atoms with van der Waals surface area (Å²) in [6.45, 7) is 4.36. The molecule has 13 heteroatoms. The molecular formula is C38H37F2N5O6. The van der Waals surface area contributed by atoms with Crippen molar-refractivity contribution in [1.82, 2.24) is 20.1 Å². The van der Waals surface area contributed by atoms with Gasteiger partial charge in [-0.2, -0.15) is 5.10 Å². The van der Waals surface area contributed by atoms with Gasteiger partial charge in [0.2, 0.25) is 11.7 Å². The van der Waals surface area contributed by atoms with E-state index in [0.717, 1.165) is 6.07 Å². The molecule has 264 valence electrons. The first-order chi connectivity index (χ1) is 24.1. The van der Waals surface area contributed by atoms with Crippen molar-refractivity contribution in [3.05, 3.63) is 107 Å². The third-order valence-electron chi connectivity index (χ3n) is 9.84. The smallest absolute Gasteiger partial charge is 0.251 e. The molecule has 11 nitrogen and oxygen atoms in total. The van der Waals surface area contributed by atoms with Crippen molar-refractivity contribution >= 4 is 22.7 Å². The largest absolute Gasteiger partial charge is 0.494 e. The summed E-state index contributed by atoms with van der Waals surface area (Å²) in [5.41, 5.74) is 3.70. The number of carbonyl (C=O) groups excluding carboxylic acids is 2. The summed E-state index contributed by atoms with van der Waals surface area (Å²) in [6, 6.07) is 16.7. The molecule has 2 aliphatic rings. The van der Waals surface area contributed by atoms with Crippen molar-refractivity contribution in [1.29, 1.82) is 0 Å². The normalized spacial score (nSPS) is 18.8. The number of nitrogens with two attached hydrogens (primary N) is 1. The van der Waals surface area contributed by atoms with Gasteiger partial charge in [-0.3, -0.25) is 9.59 Å². The lowest BCUT2D eigenvalue weighted by Crippen LogP contribution is -2.43. The molecule has 0 spiro atoms. The number of halogens is 2. The molecule has 51 heavy (non-hydrogen) atoms. The van der Waals surface area contributed by atoms with Gasteiger partial charge in [0.1, 0.15) is 46.1 Å². The number of nitrogens with one attached hydrogen (secondary N) is 1. The van der Waals surface area contributed by atoms with Crippen LogP contribution in [-0.4, -0.2) is 57.1 Å². The second-order valence-electron chi connectivity index (χ2n) is 14.0. The molecule has 0 saturated heterocycles. The molecule has 2 amide bonds. The first-order valence-electron chi connectivity index (χ1n) is 16.4. The summed E-state index contributed by atoms with van der Waals surface area (Å²) < 4.78 is 42.3. The van der Waals surface area contributed by atoms with Gasteiger partial charge in [0, 0.05) is 41.1 Å². The standard InChI is InChI=1S/C38H37F2N5O6/c1-35(2,48)24-10-8-21(9-11-24)31-32-27(36(3,20-51-32)34(41)47)17-29(43-31)38(49,25-6-5-7-26(39)16-25)19-42-33(46)22-14-23-18-45(37(40)12-13-37)44-30(23)28(15-22)50-4/h5-11,14-18,48-49H,12-13,19-20H2,1-4H3,(H2,41,47)(H,42,46)/t36-,38-/m0/s1. The summed E-state index contributed by atoms with van der Waals surface area (Å²) in [6.07, 6.45) is 2.20. The number of aromatic nitrogens is 3. The van der Waals surface area contributed by atoms with Gasteiger partial charge in [0.05, 0.1) is 24.9 Å². The minimum Gasteiger partial charge on any atom is -0.494 e. The number of pyridine rings is 1. The summed E-state index contributed by atoms with van der Waals surface area (Å²) in [4.78, 5) is 31.4. The van der Waals surface area contributed by atoms with Crippen molar-refractivity contribution in [2.24, 2.45) is 5.73 Å². The Labute approximate surface area is 292 Å². The van der Waals surface area contributed by atoms with Gasteiger partial charge in [-0.05, 0) is 62.2 Å². The number of hydrogen-bond donors (Lipinski definition) is 4. The van der Waals surface area contributed by atoms with E-state index >= 15 is 0 Å². The topological polar surface area (TPSA) is 162 Å². The molecule has 2 aromatic heterocycles. The highest BCUT2D eigenvalue weighted by molar-refractivity contribution is 6.00. The first-order valence-corrected chi connectivity index (χ1v) is 16.4. The number of nitrogens with zero attached hydrogens (tertiary/aromatic N) is 3. The zero-order valence-corrected chi connectivity index (χ0v) is 28.5. The van der Waals surface area contributed by atoms with E-state index in [1.807, 2.05) is 0 Å². The van der Waals surface area contributed by atoms with Crippen LogP contribution in [0.5, 0.6) is 11.5 Å². The van der Waals surface area contributed by atoms with E-state index < -0.39 is 46.6 Å². The molecule has 1 fully saturated rings. The number of carbonyl (C=O) groups is 2. The Morgan fingerprint density at radius 2 is 1.80 bits per heavy atom. The van der Waals surface area contributed by atoms with Crippen LogP contribution >= 0.6 is 0 Å². The van der Waals surface area contributed by atoms with Crippen LogP contribution in [-0.2, 0) is 27.2 Å². The zero-order chi connectivity index (χ0) is 36.5. The summed E-state index contributed by atoms with van der Waals surface area (Å²) in [7, 11) is 1.42. The van der Waals surface area contributed by atoms with Crippen LogP contribution in [0.2, 0.25) is 0 Å². The van der Waals surface area contributed by atoms with Crippen molar-refractivity contribution < 1.29 is 38.1 Å². The Kier molecular flexibility index (Phi) is 7.91. The van der Waals surface area contributed by atoms with Crippen molar-refractivity contribution in [3.63, 3.8) is 0 Å². The van der Waals surface area contributed by atoms with Gasteiger partial charge < -0.3 is 30.7 Å². The maximum absolute atomic E-state index is 14.8. The molecule has 0 bridgehead atoms. The maximum atomic E-state index is 14.8. The third kappa shape index (κ3) is 5.85. The fourth-order valence-electron chi connectivity index (χ4n) is 6.35. The molecule has 0 radical (unpaired) electrons. The minimum absolute atomic E-state index is 0.0151. The maximum Gasteiger partial charge on any atom is 0.251 e. The Balaban J connectivity index is 1.32. The second kappa shape index (κ2) is 11.8. The van der Waals surface area contributed by atoms with Crippen LogP contribution in [0.3, 0.4) is 0 Å². The number of amides is 2. The molecule has 0 unspecified atom stereocenters. The fraction of sp³-hybridized carbons (Fsp3) is 0.316. The zero-order valence-electron chi connectivity index (χ0n) is 28.5. The van der Waals surface area contributed by atoms with Crippen LogP contribution in [0.1, 0.15) is 66.4 Å². The molecule has 3 heterocycles. The first kappa shape index (κ1) is 34.1. The molecule has 7 rings (SSSR count). The summed E-state index contributed by atoms with van der Waals surface area (Å²) in [5, 5.41) is 30.7. The Morgan fingerprint density at radius 3 is 2.43 bits per heavy atom. The average Bonchev–Trinajstić information content (AvgIpc) is 3.54. The van der Waals surface area contributed by atoms with E-state index in [4.69, 9.17) is 20.2 Å². The molecule has 1 aliphatic heterocycles. The highest BCUT2D eigenvalue weighted by atomic mass is 19.1. The van der Waals surface area contributed by atoms with Gasteiger partial charge in [-0.15, -0.1) is 0 Å². The number of ether oxygens (including phenoxy) is 2. The molecule has 1 aliphatic carbocycles. The van der Waals surface area contributed by atoms with Gasteiger partial charge in [0.15, 0.2) is 0 Å². The van der Waals surface area contributed by atoms with Crippen LogP contribution in [0, 0.1) is 5.82 Å². The van der Waals surface area contributed by atoms with Crippen molar-refractivity contribution in [3.8, 4) is 22.8 Å². The van der Waals surface area contributed by atoms with Crippen molar-refractivity contribution in [2.45, 2.75) is 56.0 Å². The monoisotopic (exact) mass is 697 g/mol. The number of fused-ring (bicyclic) bond motifs is 2. The fourth-order valence-corrected chi connectivity index (χ4v) is 6.35. The molecular weight excluding hydrogens is 660 g/mol. The number of hydrogen-bond acceptors (Lipinski definition) is 8. The van der Waals surface area contributed by atoms with Crippen LogP contribution in [0.4, 0.5) is 8.78 Å². The van der Waals surface area contributed by atoms with Gasteiger partial charge in [0.25, 0.3) is 5.91 Å².